The molecule has 6 heteroatoms. The summed E-state index contributed by atoms with van der Waals surface area (Å²) in [5.41, 5.74) is 0.917. The first-order valence-corrected chi connectivity index (χ1v) is 8.83. The maximum absolute atomic E-state index is 12.2. The Kier molecular flexibility index (Phi) is 6.91. The lowest BCUT2D eigenvalue weighted by Gasteiger charge is -2.31. The van der Waals surface area contributed by atoms with Gasteiger partial charge in [0.05, 0.1) is 0 Å². The van der Waals surface area contributed by atoms with Gasteiger partial charge in [0, 0.05) is 30.6 Å². The van der Waals surface area contributed by atoms with Gasteiger partial charge in [0.1, 0.15) is 5.75 Å². The molecule has 24 heavy (non-hydrogen) atoms. The number of rotatable bonds is 6. The zero-order chi connectivity index (χ0) is 17.5. The molecule has 1 aromatic carbocycles. The monoisotopic (exact) mass is 352 g/mol. The van der Waals surface area contributed by atoms with Gasteiger partial charge >= 0.3 is 0 Å². The normalized spacial score (nSPS) is 15.2. The Morgan fingerprint density at radius 1 is 1.33 bits per heavy atom. The Balaban J connectivity index is 1.76. The van der Waals surface area contributed by atoms with Crippen molar-refractivity contribution < 1.29 is 14.3 Å². The van der Waals surface area contributed by atoms with E-state index in [1.54, 1.807) is 17.0 Å². The second kappa shape index (κ2) is 8.92. The number of likely N-dealkylation sites (tertiary alicyclic amines) is 1. The number of carbonyl (C=O) groups excluding carboxylic acids is 2. The number of aryl methyl sites for hydroxylation is 1. The second-order valence-corrected chi connectivity index (χ2v) is 6.55. The van der Waals surface area contributed by atoms with Crippen LogP contribution in [-0.4, -0.2) is 43.0 Å². The number of ether oxygens (including phenoxy) is 1. The zero-order valence-corrected chi connectivity index (χ0v) is 15.1. The lowest BCUT2D eigenvalue weighted by Crippen LogP contribution is -2.44. The maximum Gasteiger partial charge on any atom is 0.260 e. The fourth-order valence-electron chi connectivity index (χ4n) is 2.73. The number of nitrogens with one attached hydrogen (secondary N) is 1. The molecule has 0 bridgehead atoms. The van der Waals surface area contributed by atoms with Crippen LogP contribution in [-0.2, 0) is 9.59 Å². The summed E-state index contributed by atoms with van der Waals surface area (Å²) in [5.74, 6) is 0.714. The molecule has 0 spiro atoms. The molecule has 1 heterocycles. The number of nitrogens with zero attached hydrogens (tertiary/aromatic N) is 1. The first-order chi connectivity index (χ1) is 11.5. The van der Waals surface area contributed by atoms with Crippen LogP contribution in [0.3, 0.4) is 0 Å². The molecule has 0 saturated carbocycles. The molecule has 1 aliphatic rings. The molecule has 0 atom stereocenters. The molecule has 132 valence electrons. The van der Waals surface area contributed by atoms with E-state index in [1.807, 2.05) is 19.9 Å². The van der Waals surface area contributed by atoms with Crippen LogP contribution in [0.2, 0.25) is 5.02 Å². The summed E-state index contributed by atoms with van der Waals surface area (Å²) in [7, 11) is 0. The van der Waals surface area contributed by atoms with Crippen molar-refractivity contribution in [1.29, 1.82) is 0 Å². The van der Waals surface area contributed by atoms with E-state index in [1.165, 1.54) is 0 Å². The van der Waals surface area contributed by atoms with Gasteiger partial charge in [-0.05, 0) is 49.9 Å². The predicted octanol–water partition coefficient (Wildman–Crippen LogP) is 2.79. The molecule has 0 unspecified atom stereocenters. The molecular formula is C18H25ClN2O3. The van der Waals surface area contributed by atoms with Gasteiger partial charge in [-0.2, -0.15) is 0 Å². The van der Waals surface area contributed by atoms with Gasteiger partial charge in [-0.1, -0.05) is 18.5 Å². The fourth-order valence-corrected chi connectivity index (χ4v) is 2.84. The van der Waals surface area contributed by atoms with Gasteiger partial charge in [-0.15, -0.1) is 0 Å². The molecule has 1 N–H and O–H groups in total. The van der Waals surface area contributed by atoms with Gasteiger partial charge in [0.15, 0.2) is 6.61 Å². The molecule has 1 saturated heterocycles. The summed E-state index contributed by atoms with van der Waals surface area (Å²) in [6, 6.07) is 5.34. The van der Waals surface area contributed by atoms with E-state index in [0.29, 0.717) is 43.2 Å². The van der Waals surface area contributed by atoms with Crippen LogP contribution in [0.1, 0.15) is 31.7 Å². The third-order valence-corrected chi connectivity index (χ3v) is 4.68. The van der Waals surface area contributed by atoms with Crippen molar-refractivity contribution in [3.63, 3.8) is 0 Å². The number of hydrogen-bond acceptors (Lipinski definition) is 3. The molecule has 0 aromatic heterocycles. The first-order valence-electron chi connectivity index (χ1n) is 8.45. The van der Waals surface area contributed by atoms with Gasteiger partial charge in [0.2, 0.25) is 5.91 Å². The predicted molar refractivity (Wildman–Crippen MR) is 94.3 cm³/mol. The van der Waals surface area contributed by atoms with E-state index in [-0.39, 0.29) is 24.3 Å². The van der Waals surface area contributed by atoms with Crippen LogP contribution in [0.5, 0.6) is 5.75 Å². The van der Waals surface area contributed by atoms with E-state index in [4.69, 9.17) is 16.3 Å². The summed E-state index contributed by atoms with van der Waals surface area (Å²) in [6.07, 6.45) is 2.35. The average Bonchev–Trinajstić information content (AvgIpc) is 2.60. The summed E-state index contributed by atoms with van der Waals surface area (Å²) >= 11 is 5.97. The van der Waals surface area contributed by atoms with Crippen molar-refractivity contribution >= 4 is 23.4 Å². The third-order valence-electron chi connectivity index (χ3n) is 4.26. The fraction of sp³-hybridized carbons (Fsp3) is 0.556. The Morgan fingerprint density at radius 3 is 2.67 bits per heavy atom. The Morgan fingerprint density at radius 2 is 2.04 bits per heavy atom. The SMILES string of the molecule is CCCNC(=O)C1CCN(C(=O)COc2ccc(Cl)c(C)c2)CC1. The highest BCUT2D eigenvalue weighted by atomic mass is 35.5. The summed E-state index contributed by atoms with van der Waals surface area (Å²) in [5, 5.41) is 3.60. The van der Waals surface area contributed by atoms with E-state index in [2.05, 4.69) is 5.32 Å². The molecule has 0 radical (unpaired) electrons. The van der Waals surface area contributed by atoms with Crippen molar-refractivity contribution in [2.24, 2.45) is 5.92 Å². The minimum atomic E-state index is -0.0463. The number of hydrogen-bond donors (Lipinski definition) is 1. The molecule has 5 nitrogen and oxygen atoms in total. The largest absolute Gasteiger partial charge is 0.484 e. The Bertz CT molecular complexity index is 584. The number of carbonyl (C=O) groups is 2. The van der Waals surface area contributed by atoms with Crippen LogP contribution >= 0.6 is 11.6 Å². The topological polar surface area (TPSA) is 58.6 Å². The number of piperidine rings is 1. The molecule has 1 aromatic rings. The Hall–Kier alpha value is -1.75. The highest BCUT2D eigenvalue weighted by molar-refractivity contribution is 6.31. The zero-order valence-electron chi connectivity index (χ0n) is 14.3. The summed E-state index contributed by atoms with van der Waals surface area (Å²) in [6.45, 7) is 5.85. The second-order valence-electron chi connectivity index (χ2n) is 6.15. The molecule has 2 amide bonds. The lowest BCUT2D eigenvalue weighted by molar-refractivity contribution is -0.137. The van der Waals surface area contributed by atoms with Gasteiger partial charge < -0.3 is 15.0 Å². The Labute approximate surface area is 148 Å². The van der Waals surface area contributed by atoms with Crippen LogP contribution < -0.4 is 10.1 Å². The highest BCUT2D eigenvalue weighted by Gasteiger charge is 2.27. The van der Waals surface area contributed by atoms with Gasteiger partial charge in [-0.25, -0.2) is 0 Å². The van der Waals surface area contributed by atoms with E-state index < -0.39 is 0 Å². The van der Waals surface area contributed by atoms with Crippen LogP contribution in [0, 0.1) is 12.8 Å². The van der Waals surface area contributed by atoms with Crippen molar-refractivity contribution in [3.05, 3.63) is 28.8 Å². The minimum absolute atomic E-state index is 0.00771. The van der Waals surface area contributed by atoms with Crippen molar-refractivity contribution in [2.75, 3.05) is 26.2 Å². The summed E-state index contributed by atoms with van der Waals surface area (Å²) in [4.78, 5) is 26.0. The molecule has 2 rings (SSSR count). The maximum atomic E-state index is 12.2. The van der Waals surface area contributed by atoms with E-state index >= 15 is 0 Å². The van der Waals surface area contributed by atoms with Crippen molar-refractivity contribution in [2.45, 2.75) is 33.1 Å². The van der Waals surface area contributed by atoms with Crippen molar-refractivity contribution in [1.82, 2.24) is 10.2 Å². The van der Waals surface area contributed by atoms with Crippen LogP contribution in [0.15, 0.2) is 18.2 Å². The van der Waals surface area contributed by atoms with E-state index in [9.17, 15) is 9.59 Å². The standard InChI is InChI=1S/C18H25ClN2O3/c1-3-8-20-18(23)14-6-9-21(10-7-14)17(22)12-24-15-4-5-16(19)13(2)11-15/h4-5,11,14H,3,6-10,12H2,1-2H3,(H,20,23). The first kappa shape index (κ1) is 18.6. The number of benzene rings is 1. The number of halogens is 1. The minimum Gasteiger partial charge on any atom is -0.484 e. The quantitative estimate of drug-likeness (QED) is 0.856. The molecule has 0 aliphatic carbocycles. The summed E-state index contributed by atoms with van der Waals surface area (Å²) < 4.78 is 5.56. The van der Waals surface area contributed by atoms with Crippen molar-refractivity contribution in [3.8, 4) is 5.75 Å². The average molecular weight is 353 g/mol. The number of amides is 2. The van der Waals surface area contributed by atoms with Gasteiger partial charge in [-0.3, -0.25) is 9.59 Å². The van der Waals surface area contributed by atoms with E-state index in [0.717, 1.165) is 12.0 Å². The molecule has 1 aliphatic heterocycles. The third kappa shape index (κ3) is 5.13. The molecule has 1 fully saturated rings. The van der Waals surface area contributed by atoms with Gasteiger partial charge in [0.25, 0.3) is 5.91 Å². The highest BCUT2D eigenvalue weighted by Crippen LogP contribution is 2.21. The smallest absolute Gasteiger partial charge is 0.260 e. The van der Waals surface area contributed by atoms with Crippen LogP contribution in [0.4, 0.5) is 0 Å². The lowest BCUT2D eigenvalue weighted by atomic mass is 9.96. The van der Waals surface area contributed by atoms with Crippen LogP contribution in [0.25, 0.3) is 0 Å². The molecular weight excluding hydrogens is 328 g/mol.